The topological polar surface area (TPSA) is 34.1 Å². The molecular weight excluding hydrogens is 116 g/mol. The van der Waals surface area contributed by atoms with E-state index in [9.17, 15) is 9.59 Å². The van der Waals surface area contributed by atoms with Crippen molar-refractivity contribution in [3.63, 3.8) is 0 Å². The van der Waals surface area contributed by atoms with E-state index in [1.54, 1.807) is 0 Å². The van der Waals surface area contributed by atoms with Crippen molar-refractivity contribution >= 4 is 11.6 Å². The quantitative estimate of drug-likeness (QED) is 0.535. The molecule has 0 aromatic rings. The Balaban J connectivity index is 3.99. The van der Waals surface area contributed by atoms with Gasteiger partial charge in [-0.25, -0.2) is 0 Å². The molecule has 2 nitrogen and oxygen atoms in total. The zero-order valence-corrected chi connectivity index (χ0v) is 6.10. The lowest BCUT2D eigenvalue weighted by Gasteiger charge is -2.03. The highest BCUT2D eigenvalue weighted by atomic mass is 16.1. The maximum atomic E-state index is 10.6. The van der Waals surface area contributed by atoms with Crippen LogP contribution in [-0.4, -0.2) is 11.6 Å². The fourth-order valence-corrected chi connectivity index (χ4v) is 0.861. The van der Waals surface area contributed by atoms with Crippen molar-refractivity contribution in [3.05, 3.63) is 0 Å². The van der Waals surface area contributed by atoms with Crippen LogP contribution in [0.5, 0.6) is 0 Å². The second kappa shape index (κ2) is 3.38. The predicted octanol–water partition coefficient (Wildman–Crippen LogP) is 1.19. The van der Waals surface area contributed by atoms with Crippen LogP contribution < -0.4 is 0 Å². The first-order chi connectivity index (χ1) is 4.09. The number of ketones is 2. The molecule has 0 unspecified atom stereocenters. The fraction of sp³-hybridized carbons (Fsp3) is 0.714. The van der Waals surface area contributed by atoms with E-state index < -0.39 is 0 Å². The molecule has 0 spiro atoms. The molecule has 0 aliphatic carbocycles. The third-order valence-corrected chi connectivity index (χ3v) is 1.39. The Morgan fingerprint density at radius 1 is 1.22 bits per heavy atom. The average Bonchev–Trinajstić information content (AvgIpc) is 1.64. The molecule has 0 saturated carbocycles. The van der Waals surface area contributed by atoms with E-state index in [1.165, 1.54) is 13.8 Å². The van der Waals surface area contributed by atoms with Crippen LogP contribution in [0.25, 0.3) is 0 Å². The predicted molar refractivity (Wildman–Crippen MR) is 35.1 cm³/mol. The summed E-state index contributed by atoms with van der Waals surface area (Å²) < 4.78 is 0. The Hall–Kier alpha value is -0.660. The van der Waals surface area contributed by atoms with Gasteiger partial charge in [0.2, 0.25) is 0 Å². The Labute approximate surface area is 55.3 Å². The second-order valence-electron chi connectivity index (χ2n) is 2.18. The summed E-state index contributed by atoms with van der Waals surface area (Å²) in [6.45, 7) is 4.75. The van der Waals surface area contributed by atoms with Gasteiger partial charge in [0.1, 0.15) is 11.6 Å². The fourth-order valence-electron chi connectivity index (χ4n) is 0.861. The number of carbonyl (C=O) groups is 2. The molecule has 0 aromatic carbocycles. The molecule has 0 radical (unpaired) electrons. The third-order valence-electron chi connectivity index (χ3n) is 1.39. The molecule has 0 aliphatic heterocycles. The average molecular weight is 128 g/mol. The number of hydrogen-bond donors (Lipinski definition) is 0. The molecule has 0 saturated heterocycles. The maximum absolute atomic E-state index is 10.6. The first-order valence-corrected chi connectivity index (χ1v) is 3.10. The lowest BCUT2D eigenvalue weighted by Crippen LogP contribution is -2.17. The van der Waals surface area contributed by atoms with E-state index in [-0.39, 0.29) is 17.5 Å². The van der Waals surface area contributed by atoms with Crippen molar-refractivity contribution in [2.45, 2.75) is 27.2 Å². The highest BCUT2D eigenvalue weighted by molar-refractivity contribution is 6.00. The van der Waals surface area contributed by atoms with Gasteiger partial charge in [0.25, 0.3) is 0 Å². The van der Waals surface area contributed by atoms with Gasteiger partial charge in [0.05, 0.1) is 5.92 Å². The molecule has 0 amide bonds. The number of carbonyl (C=O) groups excluding carboxylic acids is 2. The summed E-state index contributed by atoms with van der Waals surface area (Å²) >= 11 is 0. The van der Waals surface area contributed by atoms with E-state index in [0.717, 1.165) is 0 Å². The van der Waals surface area contributed by atoms with Crippen molar-refractivity contribution < 1.29 is 9.59 Å². The van der Waals surface area contributed by atoms with E-state index in [4.69, 9.17) is 0 Å². The van der Waals surface area contributed by atoms with Crippen LogP contribution in [0.15, 0.2) is 0 Å². The molecule has 0 aromatic heterocycles. The molecule has 2 heteroatoms. The minimum Gasteiger partial charge on any atom is -0.299 e. The molecule has 0 aliphatic rings. The minimum absolute atomic E-state index is 0.0231. The summed E-state index contributed by atoms with van der Waals surface area (Å²) in [4.78, 5) is 21.2. The van der Waals surface area contributed by atoms with Gasteiger partial charge in [-0.05, 0) is 20.3 Å². The Morgan fingerprint density at radius 2 is 1.56 bits per heavy atom. The molecule has 52 valence electrons. The van der Waals surface area contributed by atoms with Crippen LogP contribution in [0.4, 0.5) is 0 Å². The maximum Gasteiger partial charge on any atom is 0.140 e. The summed E-state index contributed by atoms with van der Waals surface area (Å²) in [6, 6.07) is 0. The first-order valence-electron chi connectivity index (χ1n) is 3.10. The Morgan fingerprint density at radius 3 is 1.56 bits per heavy atom. The Bertz CT molecular complexity index is 113. The van der Waals surface area contributed by atoms with Gasteiger partial charge in [0.15, 0.2) is 0 Å². The summed E-state index contributed by atoms with van der Waals surface area (Å²) in [7, 11) is 0. The van der Waals surface area contributed by atoms with Crippen LogP contribution in [0, 0.1) is 5.92 Å². The zero-order chi connectivity index (χ0) is 7.44. The van der Waals surface area contributed by atoms with Gasteiger partial charge < -0.3 is 0 Å². The second-order valence-corrected chi connectivity index (χ2v) is 2.18. The van der Waals surface area contributed by atoms with E-state index in [0.29, 0.717) is 6.42 Å². The van der Waals surface area contributed by atoms with Crippen LogP contribution in [0.3, 0.4) is 0 Å². The van der Waals surface area contributed by atoms with Crippen LogP contribution in [0.2, 0.25) is 0 Å². The van der Waals surface area contributed by atoms with Crippen molar-refractivity contribution in [1.82, 2.24) is 0 Å². The molecular formula is C7H12O2. The highest BCUT2D eigenvalue weighted by Gasteiger charge is 2.15. The van der Waals surface area contributed by atoms with Crippen LogP contribution in [-0.2, 0) is 9.59 Å². The van der Waals surface area contributed by atoms with Gasteiger partial charge in [-0.15, -0.1) is 0 Å². The van der Waals surface area contributed by atoms with E-state index in [2.05, 4.69) is 0 Å². The normalized spacial score (nSPS) is 9.78. The smallest absolute Gasteiger partial charge is 0.140 e. The van der Waals surface area contributed by atoms with Crippen LogP contribution in [0.1, 0.15) is 27.2 Å². The van der Waals surface area contributed by atoms with Gasteiger partial charge in [-0.3, -0.25) is 9.59 Å². The summed E-state index contributed by atoms with van der Waals surface area (Å²) in [5.41, 5.74) is 0. The van der Waals surface area contributed by atoms with Crippen LogP contribution >= 0.6 is 0 Å². The number of hydrogen-bond acceptors (Lipinski definition) is 2. The van der Waals surface area contributed by atoms with Gasteiger partial charge in [0, 0.05) is 0 Å². The molecule has 0 bridgehead atoms. The third kappa shape index (κ3) is 2.40. The number of rotatable bonds is 3. The van der Waals surface area contributed by atoms with Gasteiger partial charge in [-0.1, -0.05) is 6.92 Å². The van der Waals surface area contributed by atoms with E-state index in [1.807, 2.05) is 6.92 Å². The lowest BCUT2D eigenvalue weighted by atomic mass is 9.98. The molecule has 0 rings (SSSR count). The molecule has 0 N–H and O–H groups in total. The van der Waals surface area contributed by atoms with Crippen molar-refractivity contribution in [2.24, 2.45) is 5.92 Å². The molecule has 0 fully saturated rings. The summed E-state index contributed by atoms with van der Waals surface area (Å²) in [6.07, 6.45) is 0.630. The minimum atomic E-state index is -0.356. The largest absolute Gasteiger partial charge is 0.299 e. The molecule has 0 atom stereocenters. The first kappa shape index (κ1) is 8.34. The van der Waals surface area contributed by atoms with E-state index >= 15 is 0 Å². The molecule has 9 heavy (non-hydrogen) atoms. The Kier molecular flexibility index (Phi) is 3.13. The van der Waals surface area contributed by atoms with Crippen molar-refractivity contribution in [3.8, 4) is 0 Å². The lowest BCUT2D eigenvalue weighted by molar-refractivity contribution is -0.130. The SMILES string of the molecule is CCC(C(C)=O)C(C)=O. The zero-order valence-electron chi connectivity index (χ0n) is 6.10. The highest BCUT2D eigenvalue weighted by Crippen LogP contribution is 2.03. The van der Waals surface area contributed by atoms with Gasteiger partial charge >= 0.3 is 0 Å². The standard InChI is InChI=1S/C7H12O2/c1-4-7(5(2)8)6(3)9/h7H,4H2,1-3H3. The monoisotopic (exact) mass is 128 g/mol. The molecule has 0 heterocycles. The summed E-state index contributed by atoms with van der Waals surface area (Å²) in [5, 5.41) is 0. The van der Waals surface area contributed by atoms with Gasteiger partial charge in [-0.2, -0.15) is 0 Å². The summed E-state index contributed by atoms with van der Waals surface area (Å²) in [5.74, 6) is -0.403. The van der Waals surface area contributed by atoms with Crippen molar-refractivity contribution in [2.75, 3.05) is 0 Å². The number of Topliss-reactive ketones (excluding diaryl/α,β-unsaturated/α-hetero) is 2. The van der Waals surface area contributed by atoms with Crippen molar-refractivity contribution in [1.29, 1.82) is 0 Å².